The van der Waals surface area contributed by atoms with E-state index in [1.807, 2.05) is 24.3 Å². The van der Waals surface area contributed by atoms with Crippen LogP contribution in [0.15, 0.2) is 48.5 Å². The normalized spacial score (nSPS) is 10.6. The van der Waals surface area contributed by atoms with Crippen molar-refractivity contribution >= 4 is 0 Å². The van der Waals surface area contributed by atoms with E-state index in [9.17, 15) is 0 Å². The molecule has 18 heavy (non-hydrogen) atoms. The summed E-state index contributed by atoms with van der Waals surface area (Å²) in [5.41, 5.74) is 4.60. The number of hydrogen-bond donors (Lipinski definition) is 2. The molecule has 0 aromatic heterocycles. The molecule has 0 saturated heterocycles. The quantitative estimate of drug-likeness (QED) is 0.844. The van der Waals surface area contributed by atoms with Crippen LogP contribution >= 0.6 is 0 Å². The molecule has 0 spiro atoms. The summed E-state index contributed by atoms with van der Waals surface area (Å²) in [6.07, 6.45) is 1.61. The molecule has 0 heterocycles. The first-order chi connectivity index (χ1) is 8.81. The summed E-state index contributed by atoms with van der Waals surface area (Å²) in [7, 11) is 0. The Balaban J connectivity index is 2.03. The summed E-state index contributed by atoms with van der Waals surface area (Å²) >= 11 is 0. The van der Waals surface area contributed by atoms with Gasteiger partial charge in [-0.2, -0.15) is 0 Å². The van der Waals surface area contributed by atoms with Crippen LogP contribution in [0.2, 0.25) is 0 Å². The Labute approximate surface area is 108 Å². The molecule has 0 bridgehead atoms. The third-order valence-corrected chi connectivity index (χ3v) is 3.04. The lowest BCUT2D eigenvalue weighted by Crippen LogP contribution is -1.93. The van der Waals surface area contributed by atoms with Gasteiger partial charge >= 0.3 is 0 Å². The molecule has 2 aromatic carbocycles. The number of hydrogen-bond acceptors (Lipinski definition) is 2. The molecule has 2 N–H and O–H groups in total. The zero-order valence-corrected chi connectivity index (χ0v) is 10.3. The highest BCUT2D eigenvalue weighted by Gasteiger charge is 1.98. The minimum Gasteiger partial charge on any atom is -0.396 e. The van der Waals surface area contributed by atoms with Gasteiger partial charge in [0.25, 0.3) is 0 Å². The topological polar surface area (TPSA) is 40.5 Å². The van der Waals surface area contributed by atoms with E-state index in [0.29, 0.717) is 6.42 Å². The molecule has 94 valence electrons. The Hall–Kier alpha value is -1.64. The Morgan fingerprint density at radius 3 is 1.50 bits per heavy atom. The van der Waals surface area contributed by atoms with Crippen molar-refractivity contribution in [3.8, 4) is 0 Å². The molecule has 2 heteroatoms. The highest BCUT2D eigenvalue weighted by Crippen LogP contribution is 2.12. The average Bonchev–Trinajstić information content (AvgIpc) is 2.42. The summed E-state index contributed by atoms with van der Waals surface area (Å²) in [4.78, 5) is 0. The number of rotatable bonds is 5. The summed E-state index contributed by atoms with van der Waals surface area (Å²) in [6, 6.07) is 16.3. The van der Waals surface area contributed by atoms with Crippen molar-refractivity contribution in [2.45, 2.75) is 19.4 Å². The Bertz CT molecular complexity index is 471. The molecule has 0 fully saturated rings. The van der Waals surface area contributed by atoms with Gasteiger partial charge < -0.3 is 10.2 Å². The lowest BCUT2D eigenvalue weighted by Gasteiger charge is -2.05. The minimum atomic E-state index is 0.0934. The second kappa shape index (κ2) is 6.34. The molecule has 0 aliphatic carbocycles. The van der Waals surface area contributed by atoms with E-state index in [4.69, 9.17) is 10.2 Å². The first kappa shape index (κ1) is 12.8. The van der Waals surface area contributed by atoms with Gasteiger partial charge in [0, 0.05) is 6.61 Å². The molecule has 0 saturated carbocycles. The highest BCUT2D eigenvalue weighted by atomic mass is 16.3. The van der Waals surface area contributed by atoms with Crippen LogP contribution in [0.3, 0.4) is 0 Å². The second-order valence-corrected chi connectivity index (χ2v) is 4.44. The van der Waals surface area contributed by atoms with Gasteiger partial charge in [0.1, 0.15) is 0 Å². The van der Waals surface area contributed by atoms with Crippen LogP contribution in [-0.4, -0.2) is 16.8 Å². The fourth-order valence-corrected chi connectivity index (χ4v) is 1.95. The maximum atomic E-state index is 8.98. The SMILES string of the molecule is OCCc1ccc(Cc2ccc(CO)cc2)cc1. The molecule has 2 rings (SSSR count). The predicted molar refractivity (Wildman–Crippen MR) is 72.4 cm³/mol. The number of aliphatic hydroxyl groups is 2. The van der Waals surface area contributed by atoms with Crippen LogP contribution in [-0.2, 0) is 19.4 Å². The van der Waals surface area contributed by atoms with Crippen molar-refractivity contribution in [1.29, 1.82) is 0 Å². The molecular weight excluding hydrogens is 224 g/mol. The fraction of sp³-hybridized carbons (Fsp3) is 0.250. The summed E-state index contributed by atoms with van der Waals surface area (Å²) < 4.78 is 0. The maximum Gasteiger partial charge on any atom is 0.0681 e. The van der Waals surface area contributed by atoms with E-state index in [1.54, 1.807) is 0 Å². The van der Waals surface area contributed by atoms with E-state index < -0.39 is 0 Å². The smallest absolute Gasteiger partial charge is 0.0681 e. The van der Waals surface area contributed by atoms with E-state index >= 15 is 0 Å². The largest absolute Gasteiger partial charge is 0.396 e. The molecule has 0 aliphatic rings. The van der Waals surface area contributed by atoms with E-state index in [0.717, 1.165) is 17.5 Å². The van der Waals surface area contributed by atoms with Gasteiger partial charge in [-0.3, -0.25) is 0 Å². The molecule has 0 atom stereocenters. The van der Waals surface area contributed by atoms with Crippen LogP contribution in [0.1, 0.15) is 22.3 Å². The molecule has 0 amide bonds. The van der Waals surface area contributed by atoms with E-state index in [1.165, 1.54) is 11.1 Å². The van der Waals surface area contributed by atoms with Crippen LogP contribution in [0, 0.1) is 0 Å². The average molecular weight is 242 g/mol. The first-order valence-electron chi connectivity index (χ1n) is 6.19. The predicted octanol–water partition coefficient (Wildman–Crippen LogP) is 2.30. The van der Waals surface area contributed by atoms with E-state index in [-0.39, 0.29) is 13.2 Å². The van der Waals surface area contributed by atoms with Crippen molar-refractivity contribution in [3.05, 3.63) is 70.8 Å². The zero-order chi connectivity index (χ0) is 12.8. The second-order valence-electron chi connectivity index (χ2n) is 4.44. The van der Waals surface area contributed by atoms with Gasteiger partial charge in [-0.25, -0.2) is 0 Å². The lowest BCUT2D eigenvalue weighted by atomic mass is 10.0. The Kier molecular flexibility index (Phi) is 4.51. The summed E-state index contributed by atoms with van der Waals surface area (Å²) in [6.45, 7) is 0.290. The molecular formula is C16H18O2. The third kappa shape index (κ3) is 3.42. The standard InChI is InChI=1S/C16H18O2/c17-10-9-13-1-3-14(4-2-13)11-15-5-7-16(12-18)8-6-15/h1-8,17-18H,9-12H2. The molecule has 0 radical (unpaired) electrons. The maximum absolute atomic E-state index is 8.98. The first-order valence-corrected chi connectivity index (χ1v) is 6.19. The van der Waals surface area contributed by atoms with Crippen LogP contribution in [0.4, 0.5) is 0 Å². The van der Waals surface area contributed by atoms with Crippen molar-refractivity contribution in [1.82, 2.24) is 0 Å². The Morgan fingerprint density at radius 2 is 1.06 bits per heavy atom. The fourth-order valence-electron chi connectivity index (χ4n) is 1.95. The minimum absolute atomic E-state index is 0.0934. The summed E-state index contributed by atoms with van der Waals surface area (Å²) in [5, 5.41) is 17.8. The van der Waals surface area contributed by atoms with Crippen molar-refractivity contribution in [2.24, 2.45) is 0 Å². The van der Waals surface area contributed by atoms with Gasteiger partial charge in [0.2, 0.25) is 0 Å². The van der Waals surface area contributed by atoms with Crippen molar-refractivity contribution < 1.29 is 10.2 Å². The summed E-state index contributed by atoms with van der Waals surface area (Å²) in [5.74, 6) is 0. The van der Waals surface area contributed by atoms with Crippen LogP contribution < -0.4 is 0 Å². The number of benzene rings is 2. The van der Waals surface area contributed by atoms with Gasteiger partial charge in [0.15, 0.2) is 0 Å². The van der Waals surface area contributed by atoms with Gasteiger partial charge in [0.05, 0.1) is 6.61 Å². The molecule has 0 aliphatic heterocycles. The van der Waals surface area contributed by atoms with Gasteiger partial charge in [-0.15, -0.1) is 0 Å². The van der Waals surface area contributed by atoms with Gasteiger partial charge in [-0.05, 0) is 35.1 Å². The number of aliphatic hydroxyl groups excluding tert-OH is 2. The highest BCUT2D eigenvalue weighted by molar-refractivity contribution is 5.30. The molecule has 2 aromatic rings. The molecule has 0 unspecified atom stereocenters. The Morgan fingerprint density at radius 1 is 0.611 bits per heavy atom. The molecule has 2 nitrogen and oxygen atoms in total. The lowest BCUT2D eigenvalue weighted by molar-refractivity contribution is 0.282. The monoisotopic (exact) mass is 242 g/mol. The van der Waals surface area contributed by atoms with Crippen LogP contribution in [0.25, 0.3) is 0 Å². The van der Waals surface area contributed by atoms with Crippen molar-refractivity contribution in [2.75, 3.05) is 6.61 Å². The third-order valence-electron chi connectivity index (χ3n) is 3.04. The van der Waals surface area contributed by atoms with Crippen LogP contribution in [0.5, 0.6) is 0 Å². The van der Waals surface area contributed by atoms with Crippen molar-refractivity contribution in [3.63, 3.8) is 0 Å². The zero-order valence-electron chi connectivity index (χ0n) is 10.3. The van der Waals surface area contributed by atoms with Gasteiger partial charge in [-0.1, -0.05) is 48.5 Å². The van der Waals surface area contributed by atoms with E-state index in [2.05, 4.69) is 24.3 Å².